The molecule has 2 aromatic heterocycles. The molecule has 24 heavy (non-hydrogen) atoms. The van der Waals surface area contributed by atoms with Crippen LogP contribution in [-0.4, -0.2) is 15.2 Å². The van der Waals surface area contributed by atoms with Gasteiger partial charge in [-0.3, -0.25) is 5.10 Å². The molecule has 0 saturated carbocycles. The summed E-state index contributed by atoms with van der Waals surface area (Å²) in [5.74, 6) is 0.207. The molecule has 3 rings (SSSR count). The van der Waals surface area contributed by atoms with Gasteiger partial charge in [-0.2, -0.15) is 18.3 Å². The van der Waals surface area contributed by atoms with Gasteiger partial charge in [-0.05, 0) is 29.3 Å². The first kappa shape index (κ1) is 16.0. The second-order valence-corrected chi connectivity index (χ2v) is 5.02. The lowest BCUT2D eigenvalue weighted by Crippen LogP contribution is -2.10. The number of hydrogen-bond donors (Lipinski definition) is 2. The van der Waals surface area contributed by atoms with E-state index >= 15 is 0 Å². The topological polar surface area (TPSA) is 76.8 Å². The Bertz CT molecular complexity index is 832. The van der Waals surface area contributed by atoms with Crippen LogP contribution in [0.5, 0.6) is 11.6 Å². The lowest BCUT2D eigenvalue weighted by atomic mass is 10.1. The van der Waals surface area contributed by atoms with Gasteiger partial charge in [0.05, 0.1) is 6.20 Å². The highest BCUT2D eigenvalue weighted by molar-refractivity contribution is 5.63. The Labute approximate surface area is 135 Å². The number of aromatic amines is 1. The van der Waals surface area contributed by atoms with Crippen molar-refractivity contribution >= 4 is 0 Å². The number of benzene rings is 1. The SMILES string of the molecule is NCc1cc(Oc2cccc(-c3cn[nH]c3)c2)nc(C(F)(F)F)c1. The molecular weight excluding hydrogens is 321 g/mol. The predicted molar refractivity (Wildman–Crippen MR) is 81.2 cm³/mol. The number of alkyl halides is 3. The first-order valence-corrected chi connectivity index (χ1v) is 7.01. The minimum absolute atomic E-state index is 0.0446. The van der Waals surface area contributed by atoms with E-state index in [1.54, 1.807) is 30.6 Å². The Kier molecular flexibility index (Phi) is 4.22. The van der Waals surface area contributed by atoms with E-state index in [0.29, 0.717) is 11.3 Å². The molecule has 5 nitrogen and oxygen atoms in total. The summed E-state index contributed by atoms with van der Waals surface area (Å²) in [4.78, 5) is 3.52. The van der Waals surface area contributed by atoms with Crippen molar-refractivity contribution in [3.8, 4) is 22.8 Å². The van der Waals surface area contributed by atoms with Gasteiger partial charge in [0.1, 0.15) is 11.4 Å². The summed E-state index contributed by atoms with van der Waals surface area (Å²) >= 11 is 0. The number of rotatable bonds is 4. The molecule has 0 spiro atoms. The Morgan fingerprint density at radius 2 is 1.96 bits per heavy atom. The largest absolute Gasteiger partial charge is 0.439 e. The van der Waals surface area contributed by atoms with E-state index in [1.807, 2.05) is 6.07 Å². The number of hydrogen-bond acceptors (Lipinski definition) is 4. The summed E-state index contributed by atoms with van der Waals surface area (Å²) in [7, 11) is 0. The minimum atomic E-state index is -4.57. The van der Waals surface area contributed by atoms with E-state index in [0.717, 1.165) is 17.2 Å². The van der Waals surface area contributed by atoms with Crippen LogP contribution >= 0.6 is 0 Å². The second kappa shape index (κ2) is 6.32. The van der Waals surface area contributed by atoms with Crippen molar-refractivity contribution in [2.75, 3.05) is 0 Å². The van der Waals surface area contributed by atoms with Crippen molar-refractivity contribution in [1.82, 2.24) is 15.2 Å². The van der Waals surface area contributed by atoms with Gasteiger partial charge in [-0.1, -0.05) is 12.1 Å². The summed E-state index contributed by atoms with van der Waals surface area (Å²) in [5, 5.41) is 6.55. The Morgan fingerprint density at radius 3 is 2.62 bits per heavy atom. The van der Waals surface area contributed by atoms with Crippen LogP contribution in [0.2, 0.25) is 0 Å². The van der Waals surface area contributed by atoms with E-state index in [9.17, 15) is 13.2 Å². The summed E-state index contributed by atoms with van der Waals surface area (Å²) < 4.78 is 44.2. The van der Waals surface area contributed by atoms with Crippen LogP contribution in [0.25, 0.3) is 11.1 Å². The number of pyridine rings is 1. The fourth-order valence-electron chi connectivity index (χ4n) is 2.14. The number of halogens is 3. The minimum Gasteiger partial charge on any atom is -0.439 e. The van der Waals surface area contributed by atoms with Crippen LogP contribution in [0.1, 0.15) is 11.3 Å². The molecule has 0 bridgehead atoms. The maximum atomic E-state index is 12.9. The summed E-state index contributed by atoms with van der Waals surface area (Å²) in [6.45, 7) is -0.0446. The van der Waals surface area contributed by atoms with E-state index in [-0.39, 0.29) is 12.4 Å². The number of H-pyrrole nitrogens is 1. The van der Waals surface area contributed by atoms with Gasteiger partial charge in [0.2, 0.25) is 5.88 Å². The van der Waals surface area contributed by atoms with Crippen LogP contribution in [0, 0.1) is 0 Å². The maximum Gasteiger partial charge on any atom is 0.433 e. The number of nitrogens with one attached hydrogen (secondary N) is 1. The smallest absolute Gasteiger partial charge is 0.433 e. The second-order valence-electron chi connectivity index (χ2n) is 5.02. The number of aromatic nitrogens is 3. The fourth-order valence-corrected chi connectivity index (χ4v) is 2.14. The van der Waals surface area contributed by atoms with Crippen LogP contribution in [0.3, 0.4) is 0 Å². The molecule has 0 aliphatic heterocycles. The van der Waals surface area contributed by atoms with Gasteiger partial charge in [0, 0.05) is 24.4 Å². The summed E-state index contributed by atoms with van der Waals surface area (Å²) in [6.07, 6.45) is -1.23. The molecule has 1 aromatic carbocycles. The van der Waals surface area contributed by atoms with Gasteiger partial charge in [-0.25, -0.2) is 4.98 Å². The molecular formula is C16H13F3N4O. The molecule has 0 aliphatic rings. The van der Waals surface area contributed by atoms with Crippen molar-refractivity contribution in [2.45, 2.75) is 12.7 Å². The standard InChI is InChI=1S/C16H13F3N4O/c17-16(18,19)14-4-10(7-20)5-15(23-14)24-13-3-1-2-11(6-13)12-8-21-22-9-12/h1-6,8-9H,7,20H2,(H,21,22). The highest BCUT2D eigenvalue weighted by Gasteiger charge is 2.33. The first-order valence-electron chi connectivity index (χ1n) is 7.01. The van der Waals surface area contributed by atoms with Gasteiger partial charge in [-0.15, -0.1) is 0 Å². The molecule has 0 atom stereocenters. The van der Waals surface area contributed by atoms with E-state index in [4.69, 9.17) is 10.5 Å². The average Bonchev–Trinajstić information content (AvgIpc) is 3.08. The van der Waals surface area contributed by atoms with E-state index in [2.05, 4.69) is 15.2 Å². The highest BCUT2D eigenvalue weighted by atomic mass is 19.4. The van der Waals surface area contributed by atoms with Crippen LogP contribution in [0.15, 0.2) is 48.8 Å². The zero-order valence-electron chi connectivity index (χ0n) is 12.3. The molecule has 0 saturated heterocycles. The van der Waals surface area contributed by atoms with Gasteiger partial charge >= 0.3 is 6.18 Å². The average molecular weight is 334 g/mol. The van der Waals surface area contributed by atoms with Crippen molar-refractivity contribution < 1.29 is 17.9 Å². The molecule has 0 fully saturated rings. The molecule has 124 valence electrons. The fraction of sp³-hybridized carbons (Fsp3) is 0.125. The Morgan fingerprint density at radius 1 is 1.12 bits per heavy atom. The number of ether oxygens (including phenoxy) is 1. The normalized spacial score (nSPS) is 11.5. The van der Waals surface area contributed by atoms with Crippen LogP contribution in [0.4, 0.5) is 13.2 Å². The van der Waals surface area contributed by atoms with E-state index in [1.165, 1.54) is 6.07 Å². The molecule has 0 unspecified atom stereocenters. The predicted octanol–water partition coefficient (Wildman–Crippen LogP) is 3.74. The Balaban J connectivity index is 1.92. The Hall–Kier alpha value is -2.87. The zero-order valence-corrected chi connectivity index (χ0v) is 12.3. The lowest BCUT2D eigenvalue weighted by molar-refractivity contribution is -0.141. The molecule has 2 heterocycles. The highest BCUT2D eigenvalue weighted by Crippen LogP contribution is 2.32. The van der Waals surface area contributed by atoms with Crippen molar-refractivity contribution in [2.24, 2.45) is 5.73 Å². The number of nitrogens with zero attached hydrogens (tertiary/aromatic N) is 2. The third-order valence-corrected chi connectivity index (χ3v) is 3.28. The maximum absolute atomic E-state index is 12.9. The van der Waals surface area contributed by atoms with E-state index < -0.39 is 11.9 Å². The molecule has 0 radical (unpaired) electrons. The first-order chi connectivity index (χ1) is 11.5. The molecule has 0 aliphatic carbocycles. The molecule has 0 amide bonds. The quantitative estimate of drug-likeness (QED) is 0.762. The molecule has 3 N–H and O–H groups in total. The third-order valence-electron chi connectivity index (χ3n) is 3.28. The van der Waals surface area contributed by atoms with Gasteiger partial charge < -0.3 is 10.5 Å². The summed E-state index contributed by atoms with van der Waals surface area (Å²) in [5.41, 5.74) is 6.35. The van der Waals surface area contributed by atoms with Crippen molar-refractivity contribution in [1.29, 1.82) is 0 Å². The van der Waals surface area contributed by atoms with Crippen LogP contribution < -0.4 is 10.5 Å². The van der Waals surface area contributed by atoms with Crippen LogP contribution in [-0.2, 0) is 12.7 Å². The third kappa shape index (κ3) is 3.54. The molecule has 3 aromatic rings. The summed E-state index contributed by atoms with van der Waals surface area (Å²) in [6, 6.07) is 9.19. The number of nitrogens with two attached hydrogens (primary N) is 1. The monoisotopic (exact) mass is 334 g/mol. The van der Waals surface area contributed by atoms with Gasteiger partial charge in [0.15, 0.2) is 0 Å². The van der Waals surface area contributed by atoms with Crippen molar-refractivity contribution in [3.63, 3.8) is 0 Å². The zero-order chi connectivity index (χ0) is 17.2. The van der Waals surface area contributed by atoms with Gasteiger partial charge in [0.25, 0.3) is 0 Å². The molecule has 8 heteroatoms. The lowest BCUT2D eigenvalue weighted by Gasteiger charge is -2.11. The van der Waals surface area contributed by atoms with Crippen molar-refractivity contribution in [3.05, 3.63) is 60.0 Å².